The summed E-state index contributed by atoms with van der Waals surface area (Å²) in [5, 5.41) is 10.9. The van der Waals surface area contributed by atoms with E-state index in [0.29, 0.717) is 0 Å². The lowest BCUT2D eigenvalue weighted by atomic mass is 9.98. The molecular formula is C21H22O6S. The summed E-state index contributed by atoms with van der Waals surface area (Å²) >= 11 is 1.38. The van der Waals surface area contributed by atoms with Gasteiger partial charge in [-0.1, -0.05) is 60.3 Å². The van der Waals surface area contributed by atoms with Gasteiger partial charge in [0, 0.05) is 17.4 Å². The average molecular weight is 402 g/mol. The zero-order chi connectivity index (χ0) is 19.5. The van der Waals surface area contributed by atoms with Crippen LogP contribution >= 0.6 is 11.8 Å². The van der Waals surface area contributed by atoms with Crippen molar-refractivity contribution in [3.8, 4) is 0 Å². The highest BCUT2D eigenvalue weighted by Crippen LogP contribution is 2.39. The first kappa shape index (κ1) is 19.4. The van der Waals surface area contributed by atoms with E-state index < -0.39 is 42.1 Å². The zero-order valence-electron chi connectivity index (χ0n) is 15.3. The van der Waals surface area contributed by atoms with Crippen LogP contribution in [0.2, 0.25) is 0 Å². The van der Waals surface area contributed by atoms with E-state index in [-0.39, 0.29) is 6.61 Å². The van der Waals surface area contributed by atoms with Gasteiger partial charge in [-0.3, -0.25) is 4.79 Å². The molecule has 6 atom stereocenters. The second-order valence-corrected chi connectivity index (χ2v) is 7.89. The molecule has 2 aromatic carbocycles. The lowest BCUT2D eigenvalue weighted by Gasteiger charge is -2.47. The monoisotopic (exact) mass is 402 g/mol. The number of rotatable bonds is 4. The van der Waals surface area contributed by atoms with Crippen LogP contribution in [0.25, 0.3) is 0 Å². The van der Waals surface area contributed by atoms with Crippen LogP contribution in [0.3, 0.4) is 0 Å². The maximum Gasteiger partial charge on any atom is 0.303 e. The van der Waals surface area contributed by atoms with Crippen LogP contribution in [0.4, 0.5) is 0 Å². The third-order valence-electron chi connectivity index (χ3n) is 4.68. The van der Waals surface area contributed by atoms with Gasteiger partial charge < -0.3 is 24.1 Å². The van der Waals surface area contributed by atoms with E-state index in [9.17, 15) is 9.90 Å². The number of hydrogen-bond donors (Lipinski definition) is 1. The fraction of sp³-hybridized carbons (Fsp3) is 0.381. The maximum absolute atomic E-state index is 11.7. The van der Waals surface area contributed by atoms with Crippen molar-refractivity contribution in [1.82, 2.24) is 0 Å². The Bertz CT molecular complexity index is 786. The molecule has 0 bridgehead atoms. The molecule has 0 spiro atoms. The Kier molecular flexibility index (Phi) is 5.99. The molecule has 2 heterocycles. The van der Waals surface area contributed by atoms with Gasteiger partial charge in [0.1, 0.15) is 23.7 Å². The molecule has 28 heavy (non-hydrogen) atoms. The molecule has 0 unspecified atom stereocenters. The van der Waals surface area contributed by atoms with Crippen molar-refractivity contribution in [2.45, 2.75) is 48.0 Å². The van der Waals surface area contributed by atoms with E-state index in [2.05, 4.69) is 0 Å². The van der Waals surface area contributed by atoms with Crippen LogP contribution in [0.5, 0.6) is 0 Å². The summed E-state index contributed by atoms with van der Waals surface area (Å²) < 4.78 is 23.4. The van der Waals surface area contributed by atoms with Gasteiger partial charge in [-0.2, -0.15) is 0 Å². The summed E-state index contributed by atoms with van der Waals surface area (Å²) in [6.45, 7) is 1.60. The van der Waals surface area contributed by atoms with Crippen molar-refractivity contribution in [2.75, 3.05) is 6.61 Å². The van der Waals surface area contributed by atoms with Crippen LogP contribution in [-0.4, -0.2) is 47.5 Å². The van der Waals surface area contributed by atoms with Crippen molar-refractivity contribution in [3.05, 3.63) is 66.2 Å². The highest BCUT2D eigenvalue weighted by Gasteiger charge is 2.51. The molecule has 0 amide bonds. The quantitative estimate of drug-likeness (QED) is 0.788. The fourth-order valence-corrected chi connectivity index (χ4v) is 4.47. The number of thioether (sulfide) groups is 1. The minimum Gasteiger partial charge on any atom is -0.457 e. The highest BCUT2D eigenvalue weighted by molar-refractivity contribution is 7.99. The first-order valence-electron chi connectivity index (χ1n) is 9.16. The van der Waals surface area contributed by atoms with Gasteiger partial charge in [0.15, 0.2) is 12.4 Å². The lowest BCUT2D eigenvalue weighted by Crippen LogP contribution is -2.62. The summed E-state index contributed by atoms with van der Waals surface area (Å²) in [6, 6.07) is 19.2. The maximum atomic E-state index is 11.7. The molecule has 0 saturated carbocycles. The van der Waals surface area contributed by atoms with Crippen LogP contribution in [0, 0.1) is 0 Å². The highest BCUT2D eigenvalue weighted by atomic mass is 32.2. The van der Waals surface area contributed by atoms with Gasteiger partial charge in [0.05, 0.1) is 6.61 Å². The molecule has 4 rings (SSSR count). The first-order valence-corrected chi connectivity index (χ1v) is 10.0. The number of fused-ring (bicyclic) bond motifs is 1. The predicted octanol–water partition coefficient (Wildman–Crippen LogP) is 2.91. The largest absolute Gasteiger partial charge is 0.457 e. The number of aliphatic hydroxyl groups excluding tert-OH is 1. The second kappa shape index (κ2) is 8.63. The molecule has 148 valence electrons. The van der Waals surface area contributed by atoms with Crippen molar-refractivity contribution < 1.29 is 28.8 Å². The van der Waals surface area contributed by atoms with Crippen molar-refractivity contribution >= 4 is 17.7 Å². The zero-order valence-corrected chi connectivity index (χ0v) is 16.2. The van der Waals surface area contributed by atoms with E-state index in [0.717, 1.165) is 10.5 Å². The second-order valence-electron chi connectivity index (χ2n) is 6.72. The van der Waals surface area contributed by atoms with Crippen molar-refractivity contribution in [3.63, 3.8) is 0 Å². The number of ether oxygens (including phenoxy) is 4. The van der Waals surface area contributed by atoms with E-state index in [1.165, 1.54) is 18.7 Å². The number of carbonyl (C=O) groups is 1. The summed E-state index contributed by atoms with van der Waals surface area (Å²) in [7, 11) is 0. The molecule has 1 N–H and O–H groups in total. The molecular weight excluding hydrogens is 380 g/mol. The Hall–Kier alpha value is -1.90. The average Bonchev–Trinajstić information content (AvgIpc) is 2.72. The predicted molar refractivity (Wildman–Crippen MR) is 103 cm³/mol. The summed E-state index contributed by atoms with van der Waals surface area (Å²) in [6.07, 6.45) is -3.55. The first-order chi connectivity index (χ1) is 13.6. The number of esters is 1. The number of benzene rings is 2. The minimum atomic E-state index is -1.04. The van der Waals surface area contributed by atoms with E-state index in [1.54, 1.807) is 0 Å². The standard InChI is InChI=1S/C21H22O6S/c1-13(22)25-19-17(23)21(28-15-10-6-3-7-11-15)26-16-12-24-20(27-18(16)19)14-8-4-2-5-9-14/h2-11,16-21,23H,12H2,1H3/t16-,17+,18-,19-,20-,21+/m1/s1. The van der Waals surface area contributed by atoms with E-state index in [4.69, 9.17) is 18.9 Å². The third kappa shape index (κ3) is 4.24. The van der Waals surface area contributed by atoms with Crippen LogP contribution in [0.1, 0.15) is 18.8 Å². The Balaban J connectivity index is 1.54. The lowest BCUT2D eigenvalue weighted by molar-refractivity contribution is -0.319. The summed E-state index contributed by atoms with van der Waals surface area (Å²) in [5.74, 6) is -0.473. The summed E-state index contributed by atoms with van der Waals surface area (Å²) in [5.41, 5.74) is 0.256. The normalized spacial score (nSPS) is 32.4. The molecule has 2 aliphatic heterocycles. The topological polar surface area (TPSA) is 74.2 Å². The van der Waals surface area contributed by atoms with Gasteiger partial charge in [-0.05, 0) is 12.1 Å². The van der Waals surface area contributed by atoms with Crippen LogP contribution in [-0.2, 0) is 23.7 Å². The Morgan fingerprint density at radius 1 is 1.07 bits per heavy atom. The van der Waals surface area contributed by atoms with Crippen LogP contribution < -0.4 is 0 Å². The molecule has 6 nitrogen and oxygen atoms in total. The van der Waals surface area contributed by atoms with Crippen molar-refractivity contribution in [2.24, 2.45) is 0 Å². The number of carbonyl (C=O) groups excluding carboxylic acids is 1. The molecule has 2 fully saturated rings. The number of aliphatic hydroxyl groups is 1. The molecule has 2 aromatic rings. The molecule has 2 saturated heterocycles. The van der Waals surface area contributed by atoms with Gasteiger partial charge in [0.25, 0.3) is 0 Å². The van der Waals surface area contributed by atoms with Gasteiger partial charge in [-0.15, -0.1) is 0 Å². The molecule has 0 radical (unpaired) electrons. The Morgan fingerprint density at radius 3 is 2.43 bits per heavy atom. The van der Waals surface area contributed by atoms with Gasteiger partial charge in [0.2, 0.25) is 0 Å². The molecule has 0 aromatic heterocycles. The molecule has 2 aliphatic rings. The van der Waals surface area contributed by atoms with Crippen LogP contribution in [0.15, 0.2) is 65.6 Å². The van der Waals surface area contributed by atoms with Gasteiger partial charge >= 0.3 is 5.97 Å². The summed E-state index contributed by atoms with van der Waals surface area (Å²) in [4.78, 5) is 12.6. The van der Waals surface area contributed by atoms with Gasteiger partial charge in [-0.25, -0.2) is 0 Å². The fourth-order valence-electron chi connectivity index (χ4n) is 3.40. The molecule has 7 heteroatoms. The van der Waals surface area contributed by atoms with E-state index >= 15 is 0 Å². The Labute approximate surface area is 167 Å². The van der Waals surface area contributed by atoms with E-state index in [1.807, 2.05) is 60.7 Å². The number of hydrogen-bond acceptors (Lipinski definition) is 7. The Morgan fingerprint density at radius 2 is 1.75 bits per heavy atom. The molecule has 0 aliphatic carbocycles. The smallest absolute Gasteiger partial charge is 0.303 e. The van der Waals surface area contributed by atoms with Crippen molar-refractivity contribution in [1.29, 1.82) is 0 Å². The minimum absolute atomic E-state index is 0.278. The SMILES string of the molecule is CC(=O)O[C@@H]1[C@H](O)[C@H](Sc2ccccc2)O[C@@H]2CO[C@@H](c3ccccc3)O[C@@H]12. The third-order valence-corrected chi connectivity index (χ3v) is 5.84.